The van der Waals surface area contributed by atoms with Gasteiger partial charge in [-0.25, -0.2) is 26.6 Å². The molecule has 1 N–H and O–H groups in total. The molecule has 1 aliphatic heterocycles. The van der Waals surface area contributed by atoms with E-state index in [-0.39, 0.29) is 14.7 Å². The van der Waals surface area contributed by atoms with Crippen molar-refractivity contribution in [3.8, 4) is 0 Å². The van der Waals surface area contributed by atoms with Crippen LogP contribution in [0.3, 0.4) is 0 Å². The summed E-state index contributed by atoms with van der Waals surface area (Å²) in [6.07, 6.45) is 0. The highest BCUT2D eigenvalue weighted by molar-refractivity contribution is 7.93. The van der Waals surface area contributed by atoms with Gasteiger partial charge in [0.1, 0.15) is 12.1 Å². The zero-order valence-electron chi connectivity index (χ0n) is 14.8. The molecule has 1 aromatic heterocycles. The molecule has 0 saturated heterocycles. The standard InChI is InChI=1S/C19H10F3N3O3S2/c20-10-7-12-18(17(22)16(10)21)24-19(29-12)23-14(26)8-25-11-5-1-3-9-4-2-6-13(15(9)11)30(25,27)28/h1-7H,8H2,(H,23,24,26). The normalized spacial score (nSPS) is 14.6. The molecule has 1 amide bonds. The molecule has 2 heterocycles. The number of nitrogens with one attached hydrogen (secondary N) is 1. The maximum Gasteiger partial charge on any atom is 0.265 e. The second-order valence-electron chi connectivity index (χ2n) is 6.54. The van der Waals surface area contributed by atoms with Gasteiger partial charge in [-0.15, -0.1) is 0 Å². The topological polar surface area (TPSA) is 79.4 Å². The van der Waals surface area contributed by atoms with Crippen molar-refractivity contribution in [3.05, 3.63) is 59.9 Å². The molecule has 0 fully saturated rings. The Balaban J connectivity index is 1.46. The number of hydrogen-bond acceptors (Lipinski definition) is 5. The third kappa shape index (κ3) is 2.66. The van der Waals surface area contributed by atoms with Crippen molar-refractivity contribution >= 4 is 59.1 Å². The number of anilines is 2. The summed E-state index contributed by atoms with van der Waals surface area (Å²) in [6, 6.07) is 10.7. The first-order chi connectivity index (χ1) is 14.3. The van der Waals surface area contributed by atoms with Gasteiger partial charge in [0.15, 0.2) is 22.6 Å². The zero-order chi connectivity index (χ0) is 21.2. The van der Waals surface area contributed by atoms with E-state index in [1.807, 2.05) is 0 Å². The van der Waals surface area contributed by atoms with Crippen molar-refractivity contribution in [1.29, 1.82) is 0 Å². The Bertz CT molecular complexity index is 1480. The van der Waals surface area contributed by atoms with Gasteiger partial charge in [-0.3, -0.25) is 9.10 Å². The van der Waals surface area contributed by atoms with Crippen molar-refractivity contribution in [2.45, 2.75) is 4.90 Å². The minimum absolute atomic E-state index is 0.00710. The fraction of sp³-hybridized carbons (Fsp3) is 0.0526. The molecule has 0 atom stereocenters. The van der Waals surface area contributed by atoms with Crippen LogP contribution in [-0.2, 0) is 14.8 Å². The Morgan fingerprint density at radius 1 is 1.10 bits per heavy atom. The summed E-state index contributed by atoms with van der Waals surface area (Å²) >= 11 is 0.744. The van der Waals surface area contributed by atoms with E-state index in [0.29, 0.717) is 11.1 Å². The summed E-state index contributed by atoms with van der Waals surface area (Å²) < 4.78 is 67.4. The van der Waals surface area contributed by atoms with Gasteiger partial charge in [-0.05, 0) is 23.6 Å². The van der Waals surface area contributed by atoms with Crippen LogP contribution < -0.4 is 9.62 Å². The quantitative estimate of drug-likeness (QED) is 0.480. The van der Waals surface area contributed by atoms with E-state index >= 15 is 0 Å². The van der Waals surface area contributed by atoms with Crippen molar-refractivity contribution in [2.24, 2.45) is 0 Å². The monoisotopic (exact) mass is 449 g/mol. The molecular formula is C19H10F3N3O3S2. The molecule has 0 unspecified atom stereocenters. The lowest BCUT2D eigenvalue weighted by atomic mass is 10.1. The van der Waals surface area contributed by atoms with Gasteiger partial charge in [0.05, 0.1) is 15.3 Å². The van der Waals surface area contributed by atoms with Gasteiger partial charge >= 0.3 is 0 Å². The first-order valence-electron chi connectivity index (χ1n) is 8.56. The summed E-state index contributed by atoms with van der Waals surface area (Å²) in [5, 5.41) is 3.52. The molecule has 4 aromatic rings. The van der Waals surface area contributed by atoms with Crippen LogP contribution >= 0.6 is 11.3 Å². The number of fused-ring (bicyclic) bond motifs is 1. The molecule has 0 spiro atoms. The minimum Gasteiger partial charge on any atom is -0.300 e. The number of carbonyl (C=O) groups is 1. The van der Waals surface area contributed by atoms with E-state index in [2.05, 4.69) is 10.3 Å². The number of amides is 1. The van der Waals surface area contributed by atoms with Gasteiger partial charge in [0.2, 0.25) is 5.91 Å². The van der Waals surface area contributed by atoms with Gasteiger partial charge in [-0.1, -0.05) is 35.6 Å². The molecule has 0 radical (unpaired) electrons. The largest absolute Gasteiger partial charge is 0.300 e. The van der Waals surface area contributed by atoms with E-state index in [1.165, 1.54) is 6.07 Å². The lowest BCUT2D eigenvalue weighted by molar-refractivity contribution is -0.114. The predicted molar refractivity (Wildman–Crippen MR) is 107 cm³/mol. The number of carbonyl (C=O) groups excluding carboxylic acids is 1. The number of aromatic nitrogens is 1. The Kier molecular flexibility index (Phi) is 4.02. The molecule has 0 bridgehead atoms. The van der Waals surface area contributed by atoms with Crippen LogP contribution in [0.1, 0.15) is 0 Å². The number of halogens is 3. The fourth-order valence-corrected chi connectivity index (χ4v) is 6.02. The molecule has 11 heteroatoms. The Morgan fingerprint density at radius 2 is 1.83 bits per heavy atom. The molecule has 3 aromatic carbocycles. The molecule has 0 saturated carbocycles. The number of thiazole rings is 1. The Labute approximate surface area is 171 Å². The molecule has 1 aliphatic rings. The van der Waals surface area contributed by atoms with Crippen molar-refractivity contribution in [2.75, 3.05) is 16.2 Å². The van der Waals surface area contributed by atoms with Crippen LogP contribution in [-0.4, -0.2) is 25.9 Å². The highest BCUT2D eigenvalue weighted by Crippen LogP contribution is 2.41. The maximum absolute atomic E-state index is 13.8. The SMILES string of the molecule is O=C(CN1c2cccc3cccc(c23)S1(=O)=O)Nc1nc2c(F)c(F)c(F)cc2s1. The summed E-state index contributed by atoms with van der Waals surface area (Å²) in [5.74, 6) is -5.20. The number of nitrogens with zero attached hydrogens (tertiary/aromatic N) is 2. The van der Waals surface area contributed by atoms with Crippen molar-refractivity contribution in [3.63, 3.8) is 0 Å². The predicted octanol–water partition coefficient (Wildman–Crippen LogP) is 4.01. The minimum atomic E-state index is -3.93. The first kappa shape index (κ1) is 18.8. The van der Waals surface area contributed by atoms with Crippen LogP contribution in [0, 0.1) is 17.5 Å². The van der Waals surface area contributed by atoms with E-state index < -0.39 is 45.4 Å². The van der Waals surface area contributed by atoms with Crippen molar-refractivity contribution in [1.82, 2.24) is 4.98 Å². The summed E-state index contributed by atoms with van der Waals surface area (Å²) in [7, 11) is -3.93. The molecule has 0 aliphatic carbocycles. The van der Waals surface area contributed by atoms with E-state index in [4.69, 9.17) is 0 Å². The Hall–Kier alpha value is -3.18. The molecule has 30 heavy (non-hydrogen) atoms. The van der Waals surface area contributed by atoms with E-state index in [0.717, 1.165) is 27.1 Å². The zero-order valence-corrected chi connectivity index (χ0v) is 16.5. The maximum atomic E-state index is 13.8. The second-order valence-corrected chi connectivity index (χ2v) is 9.40. The number of benzene rings is 3. The van der Waals surface area contributed by atoms with Crippen LogP contribution in [0.4, 0.5) is 24.0 Å². The smallest absolute Gasteiger partial charge is 0.265 e. The number of hydrogen-bond donors (Lipinski definition) is 1. The summed E-state index contributed by atoms with van der Waals surface area (Å²) in [4.78, 5) is 16.4. The van der Waals surface area contributed by atoms with Crippen LogP contribution in [0.25, 0.3) is 21.0 Å². The Morgan fingerprint density at radius 3 is 2.60 bits per heavy atom. The molecule has 5 rings (SSSR count). The van der Waals surface area contributed by atoms with Gasteiger partial charge in [0.25, 0.3) is 10.0 Å². The van der Waals surface area contributed by atoms with Gasteiger partial charge in [-0.2, -0.15) is 0 Å². The first-order valence-corrected chi connectivity index (χ1v) is 10.8. The van der Waals surface area contributed by atoms with Crippen LogP contribution in [0.15, 0.2) is 47.4 Å². The van der Waals surface area contributed by atoms with E-state index in [1.54, 1.807) is 30.3 Å². The summed E-state index contributed by atoms with van der Waals surface area (Å²) in [5.41, 5.74) is -0.0436. The van der Waals surface area contributed by atoms with Gasteiger partial charge in [0, 0.05) is 5.39 Å². The highest BCUT2D eigenvalue weighted by atomic mass is 32.2. The number of sulfonamides is 1. The molecule has 6 nitrogen and oxygen atoms in total. The molecule has 152 valence electrons. The number of rotatable bonds is 3. The summed E-state index contributed by atoms with van der Waals surface area (Å²) in [6.45, 7) is -0.544. The van der Waals surface area contributed by atoms with E-state index in [9.17, 15) is 26.4 Å². The van der Waals surface area contributed by atoms with Crippen LogP contribution in [0.5, 0.6) is 0 Å². The lowest BCUT2D eigenvalue weighted by Crippen LogP contribution is -2.35. The van der Waals surface area contributed by atoms with Crippen LogP contribution in [0.2, 0.25) is 0 Å². The average molecular weight is 449 g/mol. The van der Waals surface area contributed by atoms with Crippen molar-refractivity contribution < 1.29 is 26.4 Å². The average Bonchev–Trinajstić information content (AvgIpc) is 3.20. The van der Waals surface area contributed by atoms with Gasteiger partial charge < -0.3 is 5.32 Å². The third-order valence-corrected chi connectivity index (χ3v) is 7.46. The fourth-order valence-electron chi connectivity index (χ4n) is 3.45. The molecular weight excluding hydrogens is 439 g/mol. The second kappa shape index (κ2) is 6.41. The highest BCUT2D eigenvalue weighted by Gasteiger charge is 2.36. The third-order valence-electron chi connectivity index (χ3n) is 4.74. The lowest BCUT2D eigenvalue weighted by Gasteiger charge is -2.17.